The lowest BCUT2D eigenvalue weighted by Gasteiger charge is -2.15. The first kappa shape index (κ1) is 22.0. The van der Waals surface area contributed by atoms with Crippen LogP contribution in [0.5, 0.6) is 0 Å². The predicted molar refractivity (Wildman–Crippen MR) is 125 cm³/mol. The summed E-state index contributed by atoms with van der Waals surface area (Å²) in [6, 6.07) is 20.4. The molecule has 0 aromatic heterocycles. The van der Waals surface area contributed by atoms with E-state index in [0.717, 1.165) is 0 Å². The van der Waals surface area contributed by atoms with Gasteiger partial charge in [-0.05, 0) is 48.0 Å². The minimum absolute atomic E-state index is 0.0736. The molecule has 0 fully saturated rings. The molecule has 3 aromatic rings. The summed E-state index contributed by atoms with van der Waals surface area (Å²) in [5, 5.41) is 5.62. The third-order valence-electron chi connectivity index (χ3n) is 5.32. The fourth-order valence-corrected chi connectivity index (χ4v) is 3.54. The fraction of sp³-hybridized carbons (Fsp3) is 0.154. The Morgan fingerprint density at radius 2 is 1.39 bits per heavy atom. The van der Waals surface area contributed by atoms with E-state index in [0.29, 0.717) is 33.6 Å². The first-order valence-corrected chi connectivity index (χ1v) is 10.6. The molecular formula is C26H23N3O4. The Morgan fingerprint density at radius 1 is 0.788 bits per heavy atom. The molecule has 0 unspecified atom stereocenters. The number of amides is 4. The molecular weight excluding hydrogens is 418 g/mol. The van der Waals surface area contributed by atoms with Crippen LogP contribution in [0.15, 0.2) is 72.8 Å². The average Bonchev–Trinajstić information content (AvgIpc) is 3.04. The molecule has 1 aliphatic rings. The van der Waals surface area contributed by atoms with Gasteiger partial charge in [-0.15, -0.1) is 0 Å². The Balaban J connectivity index is 1.46. The third-order valence-corrected chi connectivity index (χ3v) is 5.32. The normalized spacial score (nSPS) is 12.6. The molecule has 33 heavy (non-hydrogen) atoms. The Labute approximate surface area is 191 Å². The summed E-state index contributed by atoms with van der Waals surface area (Å²) in [6.45, 7) is 3.68. The Hall–Kier alpha value is -4.26. The molecule has 3 aromatic carbocycles. The van der Waals surface area contributed by atoms with Crippen molar-refractivity contribution in [2.24, 2.45) is 5.92 Å². The molecule has 4 rings (SSSR count). The molecule has 0 spiro atoms. The van der Waals surface area contributed by atoms with Gasteiger partial charge in [-0.3, -0.25) is 24.1 Å². The van der Waals surface area contributed by atoms with Crippen LogP contribution in [-0.2, 0) is 11.3 Å². The molecule has 0 saturated heterocycles. The molecule has 166 valence electrons. The average molecular weight is 441 g/mol. The summed E-state index contributed by atoms with van der Waals surface area (Å²) in [4.78, 5) is 51.1. The minimum Gasteiger partial charge on any atom is -0.326 e. The third kappa shape index (κ3) is 4.67. The Kier molecular flexibility index (Phi) is 6.04. The number of rotatable bonds is 6. The fourth-order valence-electron chi connectivity index (χ4n) is 3.54. The zero-order valence-electron chi connectivity index (χ0n) is 18.3. The van der Waals surface area contributed by atoms with Gasteiger partial charge in [0.15, 0.2) is 0 Å². The zero-order valence-corrected chi connectivity index (χ0v) is 18.3. The molecule has 1 aliphatic heterocycles. The van der Waals surface area contributed by atoms with E-state index in [9.17, 15) is 19.2 Å². The molecule has 2 N–H and O–H groups in total. The second-order valence-electron chi connectivity index (χ2n) is 8.12. The van der Waals surface area contributed by atoms with Crippen LogP contribution in [0.25, 0.3) is 0 Å². The highest BCUT2D eigenvalue weighted by molar-refractivity contribution is 6.21. The van der Waals surface area contributed by atoms with Crippen molar-refractivity contribution in [2.45, 2.75) is 20.4 Å². The molecule has 0 aliphatic carbocycles. The maximum absolute atomic E-state index is 12.8. The van der Waals surface area contributed by atoms with Gasteiger partial charge in [-0.1, -0.05) is 44.2 Å². The van der Waals surface area contributed by atoms with E-state index in [2.05, 4.69) is 10.6 Å². The van der Waals surface area contributed by atoms with Crippen LogP contribution in [0.4, 0.5) is 11.4 Å². The number of anilines is 2. The van der Waals surface area contributed by atoms with Gasteiger partial charge >= 0.3 is 0 Å². The van der Waals surface area contributed by atoms with Gasteiger partial charge < -0.3 is 10.6 Å². The van der Waals surface area contributed by atoms with E-state index in [4.69, 9.17) is 0 Å². The Bertz CT molecular complexity index is 1230. The molecule has 0 saturated carbocycles. The molecule has 7 heteroatoms. The maximum atomic E-state index is 12.8. The van der Waals surface area contributed by atoms with E-state index < -0.39 is 0 Å². The number of benzene rings is 3. The SMILES string of the molecule is CC(C)C(=O)Nc1cccc(NC(=O)c2cccc(CN3C(=O)c4ccccc4C3=O)c2)c1. The number of hydrogen-bond donors (Lipinski definition) is 2. The predicted octanol–water partition coefficient (Wildman–Crippen LogP) is 4.33. The van der Waals surface area contributed by atoms with Crippen LogP contribution in [0.3, 0.4) is 0 Å². The summed E-state index contributed by atoms with van der Waals surface area (Å²) in [6.07, 6.45) is 0. The lowest BCUT2D eigenvalue weighted by atomic mass is 10.1. The molecule has 7 nitrogen and oxygen atoms in total. The van der Waals surface area contributed by atoms with E-state index in [1.54, 1.807) is 86.6 Å². The van der Waals surface area contributed by atoms with E-state index in [-0.39, 0.29) is 36.1 Å². The smallest absolute Gasteiger partial charge is 0.261 e. The van der Waals surface area contributed by atoms with Gasteiger partial charge in [0.25, 0.3) is 17.7 Å². The lowest BCUT2D eigenvalue weighted by molar-refractivity contribution is -0.118. The highest BCUT2D eigenvalue weighted by Gasteiger charge is 2.35. The Morgan fingerprint density at radius 3 is 2.03 bits per heavy atom. The van der Waals surface area contributed by atoms with Crippen molar-refractivity contribution in [3.05, 3.63) is 95.1 Å². The number of carbonyl (C=O) groups excluding carboxylic acids is 4. The summed E-state index contributed by atoms with van der Waals surface area (Å²) < 4.78 is 0. The number of fused-ring (bicyclic) bond motifs is 1. The highest BCUT2D eigenvalue weighted by Crippen LogP contribution is 2.24. The second-order valence-corrected chi connectivity index (χ2v) is 8.12. The zero-order chi connectivity index (χ0) is 23.5. The van der Waals surface area contributed by atoms with Crippen LogP contribution in [0.1, 0.15) is 50.5 Å². The van der Waals surface area contributed by atoms with Gasteiger partial charge in [0.2, 0.25) is 5.91 Å². The number of imide groups is 1. The van der Waals surface area contributed by atoms with Gasteiger partial charge in [0, 0.05) is 22.9 Å². The quantitative estimate of drug-likeness (QED) is 0.557. The van der Waals surface area contributed by atoms with Crippen LogP contribution in [0.2, 0.25) is 0 Å². The van der Waals surface area contributed by atoms with Crippen LogP contribution in [0, 0.1) is 5.92 Å². The van der Waals surface area contributed by atoms with Crippen molar-refractivity contribution >= 4 is 35.0 Å². The standard InChI is InChI=1S/C26H23N3O4/c1-16(2)23(30)27-19-9-6-10-20(14-19)28-24(31)18-8-5-7-17(13-18)15-29-25(32)21-11-3-4-12-22(21)26(29)33/h3-14,16H,15H2,1-2H3,(H,27,30)(H,28,31). The topological polar surface area (TPSA) is 95.6 Å². The van der Waals surface area contributed by atoms with Crippen molar-refractivity contribution in [1.82, 2.24) is 4.90 Å². The first-order chi connectivity index (χ1) is 15.8. The van der Waals surface area contributed by atoms with Crippen molar-refractivity contribution in [1.29, 1.82) is 0 Å². The van der Waals surface area contributed by atoms with E-state index >= 15 is 0 Å². The van der Waals surface area contributed by atoms with Crippen LogP contribution < -0.4 is 10.6 Å². The maximum Gasteiger partial charge on any atom is 0.261 e. The molecule has 1 heterocycles. The van der Waals surface area contributed by atoms with Crippen molar-refractivity contribution < 1.29 is 19.2 Å². The van der Waals surface area contributed by atoms with E-state index in [1.165, 1.54) is 4.90 Å². The highest BCUT2D eigenvalue weighted by atomic mass is 16.2. The van der Waals surface area contributed by atoms with Crippen molar-refractivity contribution in [3.63, 3.8) is 0 Å². The van der Waals surface area contributed by atoms with Crippen LogP contribution >= 0.6 is 0 Å². The minimum atomic E-state index is -0.342. The summed E-state index contributed by atoms with van der Waals surface area (Å²) >= 11 is 0. The number of nitrogens with one attached hydrogen (secondary N) is 2. The summed E-state index contributed by atoms with van der Waals surface area (Å²) in [5.41, 5.74) is 2.95. The van der Waals surface area contributed by atoms with Gasteiger partial charge in [0.05, 0.1) is 17.7 Å². The second kappa shape index (κ2) is 9.08. The van der Waals surface area contributed by atoms with E-state index in [1.807, 2.05) is 0 Å². The van der Waals surface area contributed by atoms with Crippen molar-refractivity contribution in [3.8, 4) is 0 Å². The lowest BCUT2D eigenvalue weighted by Crippen LogP contribution is -2.29. The summed E-state index contributed by atoms with van der Waals surface area (Å²) in [7, 11) is 0. The van der Waals surface area contributed by atoms with Gasteiger partial charge in [-0.2, -0.15) is 0 Å². The van der Waals surface area contributed by atoms with Crippen LogP contribution in [-0.4, -0.2) is 28.5 Å². The number of carbonyl (C=O) groups is 4. The van der Waals surface area contributed by atoms with Gasteiger partial charge in [-0.25, -0.2) is 0 Å². The molecule has 0 bridgehead atoms. The number of nitrogens with zero attached hydrogens (tertiary/aromatic N) is 1. The molecule has 0 atom stereocenters. The van der Waals surface area contributed by atoms with Gasteiger partial charge in [0.1, 0.15) is 0 Å². The number of hydrogen-bond acceptors (Lipinski definition) is 4. The first-order valence-electron chi connectivity index (χ1n) is 10.6. The monoisotopic (exact) mass is 441 g/mol. The largest absolute Gasteiger partial charge is 0.326 e. The molecule has 4 amide bonds. The molecule has 0 radical (unpaired) electrons. The van der Waals surface area contributed by atoms with Crippen molar-refractivity contribution in [2.75, 3.05) is 10.6 Å². The summed E-state index contributed by atoms with van der Waals surface area (Å²) in [5.74, 6) is -1.30.